The summed E-state index contributed by atoms with van der Waals surface area (Å²) in [7, 11) is 1.51. The van der Waals surface area contributed by atoms with Crippen LogP contribution in [0.4, 0.5) is 28.2 Å². The molecule has 7 rings (SSSR count). The number of amides is 1. The van der Waals surface area contributed by atoms with Crippen molar-refractivity contribution in [1.82, 2.24) is 24.8 Å². The first kappa shape index (κ1) is 34.4. The number of hydrogen-bond acceptors (Lipinski definition) is 7. The van der Waals surface area contributed by atoms with Gasteiger partial charge in [0.25, 0.3) is 5.92 Å². The molecule has 5 heterocycles. The molecule has 4 aromatic rings. The highest BCUT2D eigenvalue weighted by Gasteiger charge is 2.51. The molecule has 14 heteroatoms. The summed E-state index contributed by atoms with van der Waals surface area (Å²) >= 11 is 6.57. The molecule has 2 aromatic carbocycles. The second kappa shape index (κ2) is 12.6. The number of rotatable bonds is 6. The van der Waals surface area contributed by atoms with Crippen LogP contribution in [0.2, 0.25) is 5.02 Å². The Hall–Kier alpha value is -4.10. The standard InChI is InChI=1S/C36H38ClF4N6O3/c1-34(2,3)50-33(48)46-17-22(36(40,41)19-46)16-45(4)31-25-15-42-29(24-10-5-8-21-9-6-11-26(37)27(21)24)28(39)30(25)43-32(44-31)49-20-35-12-7-13-47(35)18-23(38)14-35/h5-6,8-11,15-16,22-23H,7,12-14,17-20H2,1-4H3/q+1/t22?,23-,35+/m1/s1. The van der Waals surface area contributed by atoms with Crippen LogP contribution in [0.3, 0.4) is 0 Å². The smallest absolute Gasteiger partial charge is 0.434 e. The number of fused-ring (bicyclic) bond motifs is 3. The minimum absolute atomic E-state index is 0.00890. The van der Waals surface area contributed by atoms with E-state index < -0.39 is 47.6 Å². The van der Waals surface area contributed by atoms with Crippen LogP contribution in [-0.4, -0.2) is 105 Å². The quantitative estimate of drug-likeness (QED) is 0.117. The van der Waals surface area contributed by atoms with Crippen molar-refractivity contribution in [3.63, 3.8) is 0 Å². The molecule has 0 spiro atoms. The Morgan fingerprint density at radius 1 is 1.16 bits per heavy atom. The van der Waals surface area contributed by atoms with Crippen LogP contribution in [-0.2, 0) is 4.74 Å². The van der Waals surface area contributed by atoms with Crippen molar-refractivity contribution in [1.29, 1.82) is 0 Å². The summed E-state index contributed by atoms with van der Waals surface area (Å²) < 4.78 is 74.8. The summed E-state index contributed by atoms with van der Waals surface area (Å²) in [5, 5.41) is 1.97. The number of carbonyl (C=O) groups excluding carboxylic acids is 1. The van der Waals surface area contributed by atoms with Crippen LogP contribution >= 0.6 is 11.6 Å². The summed E-state index contributed by atoms with van der Waals surface area (Å²) in [6.07, 6.45) is 2.76. The summed E-state index contributed by atoms with van der Waals surface area (Å²) in [6.45, 7) is 5.01. The second-order valence-corrected chi connectivity index (χ2v) is 14.9. The molecule has 3 saturated heterocycles. The van der Waals surface area contributed by atoms with E-state index in [9.17, 15) is 9.18 Å². The number of halogens is 5. The molecule has 3 aliphatic rings. The van der Waals surface area contributed by atoms with Crippen molar-refractivity contribution < 1.29 is 36.4 Å². The van der Waals surface area contributed by atoms with E-state index in [1.807, 2.05) is 12.1 Å². The lowest BCUT2D eigenvalue weighted by Crippen LogP contribution is -2.43. The Bertz CT molecular complexity index is 2020. The van der Waals surface area contributed by atoms with Crippen molar-refractivity contribution in [3.05, 3.63) is 53.4 Å². The van der Waals surface area contributed by atoms with E-state index >= 15 is 13.2 Å². The first-order valence-electron chi connectivity index (χ1n) is 16.6. The van der Waals surface area contributed by atoms with Gasteiger partial charge in [-0.05, 0) is 51.6 Å². The lowest BCUT2D eigenvalue weighted by atomic mass is 9.95. The number of hydrogen-bond donors (Lipinski definition) is 0. The van der Waals surface area contributed by atoms with Crippen molar-refractivity contribution in [2.75, 3.05) is 39.8 Å². The molecule has 1 amide bonds. The third-order valence-corrected chi connectivity index (χ3v) is 10.0. The van der Waals surface area contributed by atoms with Crippen LogP contribution in [0.15, 0.2) is 42.6 Å². The van der Waals surface area contributed by atoms with Gasteiger partial charge in [0, 0.05) is 46.7 Å². The first-order chi connectivity index (χ1) is 23.6. The largest absolute Gasteiger partial charge is 0.444 e. The zero-order valence-electron chi connectivity index (χ0n) is 28.2. The first-order valence-corrected chi connectivity index (χ1v) is 17.0. The molecule has 3 atom stereocenters. The highest BCUT2D eigenvalue weighted by atomic mass is 35.5. The van der Waals surface area contributed by atoms with Crippen LogP contribution < -0.4 is 4.74 Å². The van der Waals surface area contributed by atoms with Crippen molar-refractivity contribution >= 4 is 51.4 Å². The minimum atomic E-state index is -3.28. The normalized spacial score (nSPS) is 23.9. The predicted octanol–water partition coefficient (Wildman–Crippen LogP) is 7.44. The number of alkyl halides is 3. The maximum Gasteiger partial charge on any atom is 0.434 e. The lowest BCUT2D eigenvalue weighted by molar-refractivity contribution is -0.406. The van der Waals surface area contributed by atoms with Gasteiger partial charge in [0.15, 0.2) is 5.82 Å². The molecular formula is C36H38ClF4N6O3+. The third-order valence-electron chi connectivity index (χ3n) is 9.73. The number of nitrogens with zero attached hydrogens (tertiary/aromatic N) is 6. The topological polar surface area (TPSA) is 83.7 Å². The lowest BCUT2D eigenvalue weighted by Gasteiger charge is -2.30. The number of carbonyl (C=O) groups is 1. The maximum atomic E-state index is 16.7. The number of ether oxygens (including phenoxy) is 2. The highest BCUT2D eigenvalue weighted by molar-refractivity contribution is 6.36. The van der Waals surface area contributed by atoms with E-state index in [1.54, 1.807) is 45.0 Å². The zero-order valence-corrected chi connectivity index (χ0v) is 29.0. The van der Waals surface area contributed by atoms with Gasteiger partial charge in [-0.15, -0.1) is 0 Å². The fourth-order valence-electron chi connectivity index (χ4n) is 7.45. The monoisotopic (exact) mass is 713 g/mol. The molecule has 0 bridgehead atoms. The third kappa shape index (κ3) is 6.34. The Morgan fingerprint density at radius 3 is 2.68 bits per heavy atom. The summed E-state index contributed by atoms with van der Waals surface area (Å²) in [6, 6.07) is 10.5. The minimum Gasteiger partial charge on any atom is -0.444 e. The van der Waals surface area contributed by atoms with Gasteiger partial charge in [0.1, 0.15) is 35.0 Å². The Balaban J connectivity index is 1.31. The van der Waals surface area contributed by atoms with Crippen LogP contribution in [0, 0.1) is 11.7 Å². The van der Waals surface area contributed by atoms with Gasteiger partial charge >= 0.3 is 17.9 Å². The van der Waals surface area contributed by atoms with E-state index in [4.69, 9.17) is 21.1 Å². The molecule has 0 N–H and O–H groups in total. The van der Waals surface area contributed by atoms with Crippen molar-refractivity contribution in [2.24, 2.45) is 5.92 Å². The number of aromatic nitrogens is 3. The summed E-state index contributed by atoms with van der Waals surface area (Å²) in [5.74, 6) is -5.39. The zero-order chi connectivity index (χ0) is 35.6. The van der Waals surface area contributed by atoms with Gasteiger partial charge in [-0.25, -0.2) is 26.9 Å². The molecule has 0 aliphatic carbocycles. The van der Waals surface area contributed by atoms with Gasteiger partial charge in [-0.1, -0.05) is 41.9 Å². The van der Waals surface area contributed by atoms with E-state index in [2.05, 4.69) is 19.9 Å². The number of benzene rings is 2. The maximum absolute atomic E-state index is 16.7. The fourth-order valence-corrected chi connectivity index (χ4v) is 7.74. The summed E-state index contributed by atoms with van der Waals surface area (Å²) in [4.78, 5) is 29.2. The second-order valence-electron chi connectivity index (χ2n) is 14.5. The highest BCUT2D eigenvalue weighted by Crippen LogP contribution is 2.41. The fraction of sp³-hybridized carbons (Fsp3) is 0.472. The molecule has 1 unspecified atom stereocenters. The Morgan fingerprint density at radius 2 is 1.92 bits per heavy atom. The molecule has 0 radical (unpaired) electrons. The Kier molecular flexibility index (Phi) is 8.65. The van der Waals surface area contributed by atoms with Crippen LogP contribution in [0.5, 0.6) is 6.01 Å². The van der Waals surface area contributed by atoms with Gasteiger partial charge < -0.3 is 14.4 Å². The molecule has 2 aromatic heterocycles. The predicted molar refractivity (Wildman–Crippen MR) is 182 cm³/mol. The average molecular weight is 714 g/mol. The van der Waals surface area contributed by atoms with E-state index in [0.717, 1.165) is 29.7 Å². The van der Waals surface area contributed by atoms with Gasteiger partial charge in [-0.3, -0.25) is 9.88 Å². The van der Waals surface area contributed by atoms with Crippen molar-refractivity contribution in [2.45, 2.75) is 63.3 Å². The molecule has 0 saturated carbocycles. The van der Waals surface area contributed by atoms with Crippen molar-refractivity contribution in [3.8, 4) is 17.3 Å². The Labute approximate surface area is 291 Å². The molecule has 264 valence electrons. The van der Waals surface area contributed by atoms with Gasteiger partial charge in [0.05, 0.1) is 31.3 Å². The summed E-state index contributed by atoms with van der Waals surface area (Å²) in [5.41, 5.74) is -1.08. The number of likely N-dealkylation sites (tertiary alicyclic amines) is 1. The molecular weight excluding hydrogens is 676 g/mol. The van der Waals surface area contributed by atoms with E-state index in [-0.39, 0.29) is 41.6 Å². The van der Waals surface area contributed by atoms with Crippen LogP contribution in [0.1, 0.15) is 40.0 Å². The molecule has 3 aliphatic heterocycles. The van der Waals surface area contributed by atoms with E-state index in [1.165, 1.54) is 24.0 Å². The molecule has 50 heavy (non-hydrogen) atoms. The van der Waals surface area contributed by atoms with Crippen LogP contribution in [0.25, 0.3) is 32.9 Å². The SMILES string of the molecule is C[N+](=CC1CN(C(=O)OC(C)(C)C)CC1(F)F)c1nc(OC[C@@]23CCCN2C[C@H](F)C3)nc2c(F)c(-c3cccc4cccc(Cl)c34)ncc12. The van der Waals surface area contributed by atoms with Gasteiger partial charge in [0.2, 0.25) is 0 Å². The molecule has 3 fully saturated rings. The average Bonchev–Trinajstić information content (AvgIpc) is 3.68. The van der Waals surface area contributed by atoms with Gasteiger partial charge in [-0.2, -0.15) is 4.98 Å². The number of pyridine rings is 1. The molecule has 9 nitrogen and oxygen atoms in total. The van der Waals surface area contributed by atoms with E-state index in [0.29, 0.717) is 28.9 Å².